The van der Waals surface area contributed by atoms with Crippen molar-refractivity contribution in [3.8, 4) is 17.4 Å². The molecule has 0 unspecified atom stereocenters. The fourth-order valence-corrected chi connectivity index (χ4v) is 2.77. The van der Waals surface area contributed by atoms with E-state index in [0.29, 0.717) is 12.1 Å². The third-order valence-electron chi connectivity index (χ3n) is 3.88. The molecule has 3 rings (SSSR count). The van der Waals surface area contributed by atoms with Crippen LogP contribution in [0.15, 0.2) is 24.4 Å². The van der Waals surface area contributed by atoms with Crippen LogP contribution in [0.25, 0.3) is 0 Å². The minimum Gasteiger partial charge on any atom is -0.545 e. The van der Waals surface area contributed by atoms with E-state index in [-0.39, 0.29) is 42.0 Å². The van der Waals surface area contributed by atoms with Gasteiger partial charge in [0.05, 0.1) is 18.8 Å². The summed E-state index contributed by atoms with van der Waals surface area (Å²) in [5.74, 6) is -7.85. The summed E-state index contributed by atoms with van der Waals surface area (Å²) in [6.07, 6.45) is 0.581. The van der Waals surface area contributed by atoms with Gasteiger partial charge in [0.2, 0.25) is 11.8 Å². The summed E-state index contributed by atoms with van der Waals surface area (Å²) < 4.78 is 63.4. The van der Waals surface area contributed by atoms with Crippen LogP contribution in [0.3, 0.4) is 0 Å². The number of halogens is 5. The van der Waals surface area contributed by atoms with Gasteiger partial charge in [0.25, 0.3) is 0 Å². The molecule has 10 heteroatoms. The highest BCUT2D eigenvalue weighted by molar-refractivity contribution is 6.31. The monoisotopic (exact) mass is 404 g/mol. The third kappa shape index (κ3) is 4.41. The maximum Gasteiger partial charge on any atom is 0.248 e. The fraction of sp³-hybridized carbons (Fsp3) is 0.294. The molecule has 0 aliphatic heterocycles. The van der Waals surface area contributed by atoms with Gasteiger partial charge in [0.15, 0.2) is 11.6 Å². The van der Waals surface area contributed by atoms with Gasteiger partial charge in [-0.05, 0) is 6.07 Å². The molecule has 1 heterocycles. The number of benzene rings is 1. The van der Waals surface area contributed by atoms with Gasteiger partial charge >= 0.3 is 0 Å². The van der Waals surface area contributed by atoms with E-state index in [1.54, 1.807) is 0 Å². The number of carbonyl (C=O) groups is 1. The molecule has 0 atom stereocenters. The summed E-state index contributed by atoms with van der Waals surface area (Å²) in [6.45, 7) is 0.0209. The van der Waals surface area contributed by atoms with Gasteiger partial charge in [-0.3, -0.25) is 0 Å². The molecule has 27 heavy (non-hydrogen) atoms. The Morgan fingerprint density at radius 2 is 1.96 bits per heavy atom. The van der Waals surface area contributed by atoms with Gasteiger partial charge in [-0.15, -0.1) is 0 Å². The van der Waals surface area contributed by atoms with Crippen LogP contribution in [0, 0.1) is 17.6 Å². The summed E-state index contributed by atoms with van der Waals surface area (Å²) >= 11 is 5.96. The molecule has 144 valence electrons. The lowest BCUT2D eigenvalue weighted by Crippen LogP contribution is -2.38. The first-order valence-electron chi connectivity index (χ1n) is 7.69. The van der Waals surface area contributed by atoms with Crippen molar-refractivity contribution in [2.45, 2.75) is 18.8 Å². The van der Waals surface area contributed by atoms with Gasteiger partial charge in [-0.1, -0.05) is 11.6 Å². The zero-order valence-electron chi connectivity index (χ0n) is 13.5. The predicted octanol–water partition coefficient (Wildman–Crippen LogP) is 3.59. The first-order chi connectivity index (χ1) is 12.6. The molecule has 0 amide bonds. The largest absolute Gasteiger partial charge is 0.545 e. The molecule has 1 aromatic carbocycles. The quantitative estimate of drug-likeness (QED) is 0.688. The summed E-state index contributed by atoms with van der Waals surface area (Å²) in [5, 5.41) is 10.6. The number of aromatic carboxylic acids is 1. The Kier molecular flexibility index (Phi) is 5.14. The molecule has 2 aromatic rings. The smallest absolute Gasteiger partial charge is 0.248 e. The fourth-order valence-electron chi connectivity index (χ4n) is 2.56. The second-order valence-electron chi connectivity index (χ2n) is 6.05. The Bertz CT molecular complexity index is 885. The lowest BCUT2D eigenvalue weighted by molar-refractivity contribution is -0.255. The Morgan fingerprint density at radius 1 is 1.26 bits per heavy atom. The Balaban J connectivity index is 1.67. The number of hydrogen-bond acceptors (Lipinski definition) is 5. The van der Waals surface area contributed by atoms with E-state index in [1.807, 2.05) is 0 Å². The molecule has 0 spiro atoms. The van der Waals surface area contributed by atoms with Crippen molar-refractivity contribution in [3.05, 3.63) is 46.6 Å². The minimum atomic E-state index is -2.66. The molecule has 1 aromatic heterocycles. The van der Waals surface area contributed by atoms with Crippen LogP contribution >= 0.6 is 11.6 Å². The highest BCUT2D eigenvalue weighted by Gasteiger charge is 2.45. The standard InChI is InChI=1S/C17H12ClF4NO4/c18-11-1-9(6-23-15(11)26-7-8-4-17(21,22)5-8)27-14-3-12(19)10(16(24)25)2-13(14)20/h1-3,6,8H,4-5,7H2,(H,24,25)/p-1. The maximum absolute atomic E-state index is 13.9. The molecule has 0 saturated heterocycles. The number of hydrogen-bond donors (Lipinski definition) is 0. The summed E-state index contributed by atoms with van der Waals surface area (Å²) in [4.78, 5) is 14.5. The normalized spacial score (nSPS) is 15.9. The van der Waals surface area contributed by atoms with Crippen LogP contribution in [0.5, 0.6) is 17.4 Å². The van der Waals surface area contributed by atoms with Crippen molar-refractivity contribution in [2.75, 3.05) is 6.61 Å². The lowest BCUT2D eigenvalue weighted by atomic mass is 9.82. The number of rotatable bonds is 6. The molecule has 1 aliphatic rings. The number of pyridine rings is 1. The van der Waals surface area contributed by atoms with E-state index in [1.165, 1.54) is 6.07 Å². The van der Waals surface area contributed by atoms with E-state index in [0.717, 1.165) is 6.20 Å². The predicted molar refractivity (Wildman–Crippen MR) is 83.2 cm³/mol. The molecule has 0 N–H and O–H groups in total. The second kappa shape index (κ2) is 7.22. The maximum atomic E-state index is 13.9. The highest BCUT2D eigenvalue weighted by atomic mass is 35.5. The van der Waals surface area contributed by atoms with Gasteiger partial charge in [0.1, 0.15) is 16.6 Å². The van der Waals surface area contributed by atoms with Crippen LogP contribution in [0.4, 0.5) is 17.6 Å². The first kappa shape index (κ1) is 19.2. The number of carboxylic acid groups (broad SMARTS) is 1. The average Bonchev–Trinajstić information content (AvgIpc) is 2.55. The zero-order chi connectivity index (χ0) is 19.8. The van der Waals surface area contributed by atoms with Gasteiger partial charge in [-0.2, -0.15) is 0 Å². The van der Waals surface area contributed by atoms with Crippen LogP contribution < -0.4 is 14.6 Å². The third-order valence-corrected chi connectivity index (χ3v) is 4.15. The van der Waals surface area contributed by atoms with Crippen LogP contribution in [-0.4, -0.2) is 23.5 Å². The average molecular weight is 405 g/mol. The van der Waals surface area contributed by atoms with Crippen molar-refractivity contribution in [3.63, 3.8) is 0 Å². The van der Waals surface area contributed by atoms with Crippen molar-refractivity contribution < 1.29 is 36.9 Å². The van der Waals surface area contributed by atoms with Crippen molar-refractivity contribution >= 4 is 17.6 Å². The van der Waals surface area contributed by atoms with E-state index in [4.69, 9.17) is 21.1 Å². The van der Waals surface area contributed by atoms with Crippen molar-refractivity contribution in [1.29, 1.82) is 0 Å². The van der Waals surface area contributed by atoms with Crippen molar-refractivity contribution in [1.82, 2.24) is 4.98 Å². The number of carbonyl (C=O) groups excluding carboxylic acids is 1. The molecular weight excluding hydrogens is 394 g/mol. The molecule has 0 bridgehead atoms. The van der Waals surface area contributed by atoms with Gasteiger partial charge in [-0.25, -0.2) is 22.5 Å². The van der Waals surface area contributed by atoms with Crippen LogP contribution in [0.2, 0.25) is 5.02 Å². The molecule has 1 fully saturated rings. The van der Waals surface area contributed by atoms with E-state index in [2.05, 4.69) is 4.98 Å². The first-order valence-corrected chi connectivity index (χ1v) is 8.07. The summed E-state index contributed by atoms with van der Waals surface area (Å²) in [6, 6.07) is 2.19. The summed E-state index contributed by atoms with van der Waals surface area (Å²) in [7, 11) is 0. The van der Waals surface area contributed by atoms with E-state index in [9.17, 15) is 27.5 Å². The second-order valence-corrected chi connectivity index (χ2v) is 6.46. The van der Waals surface area contributed by atoms with Crippen LogP contribution in [0.1, 0.15) is 23.2 Å². The van der Waals surface area contributed by atoms with Crippen molar-refractivity contribution in [2.24, 2.45) is 5.92 Å². The summed E-state index contributed by atoms with van der Waals surface area (Å²) in [5.41, 5.74) is -0.943. The van der Waals surface area contributed by atoms with E-state index < -0.39 is 34.8 Å². The van der Waals surface area contributed by atoms with Gasteiger partial charge in [0, 0.05) is 36.5 Å². The highest BCUT2D eigenvalue weighted by Crippen LogP contribution is 2.42. The Morgan fingerprint density at radius 3 is 2.56 bits per heavy atom. The molecule has 5 nitrogen and oxygen atoms in total. The Labute approximate surface area is 155 Å². The number of aromatic nitrogens is 1. The number of nitrogens with zero attached hydrogens (tertiary/aromatic N) is 1. The number of ether oxygens (including phenoxy) is 2. The molecule has 1 saturated carbocycles. The minimum absolute atomic E-state index is 0.0156. The zero-order valence-corrected chi connectivity index (χ0v) is 14.2. The van der Waals surface area contributed by atoms with Gasteiger partial charge < -0.3 is 19.4 Å². The topological polar surface area (TPSA) is 71.5 Å². The number of carboxylic acids is 1. The Hall–Kier alpha value is -2.55. The lowest BCUT2D eigenvalue weighted by Gasteiger charge is -2.34. The molecular formula is C17H11ClF4NO4-. The van der Waals surface area contributed by atoms with E-state index >= 15 is 0 Å². The van der Waals surface area contributed by atoms with Crippen LogP contribution in [-0.2, 0) is 0 Å². The molecule has 0 radical (unpaired) electrons. The number of alkyl halides is 2. The SMILES string of the molecule is O=C([O-])c1cc(F)c(Oc2cnc(OCC3CC(F)(F)C3)c(Cl)c2)cc1F. The molecule has 1 aliphatic carbocycles.